The number of rotatable bonds is 2. The van der Waals surface area contributed by atoms with E-state index < -0.39 is 93.3 Å². The van der Waals surface area contributed by atoms with Crippen molar-refractivity contribution in [2.24, 2.45) is 11.1 Å². The van der Waals surface area contributed by atoms with Crippen LogP contribution in [0, 0.1) is 41.1 Å². The average Bonchev–Trinajstić information content (AvgIpc) is 3.33. The van der Waals surface area contributed by atoms with Crippen LogP contribution >= 0.6 is 0 Å². The number of sulfonamides is 1. The van der Waals surface area contributed by atoms with E-state index in [2.05, 4.69) is 9.41 Å². The Morgan fingerprint density at radius 1 is 1.09 bits per heavy atom. The molecule has 1 saturated heterocycles. The lowest BCUT2D eigenvalue weighted by Crippen LogP contribution is -2.31. The molecule has 0 aliphatic carbocycles. The van der Waals surface area contributed by atoms with Crippen molar-refractivity contribution in [1.29, 1.82) is 0 Å². The van der Waals surface area contributed by atoms with E-state index in [9.17, 15) is 39.2 Å². The van der Waals surface area contributed by atoms with Gasteiger partial charge in [-0.3, -0.25) is 0 Å². The lowest BCUT2D eigenvalue weighted by molar-refractivity contribution is -0.00611. The number of hydrogen-bond acceptors (Lipinski definition) is 5. The molecule has 4 rings (SSSR count). The Morgan fingerprint density at radius 3 is 2.37 bits per heavy atom. The van der Waals surface area contributed by atoms with E-state index in [1.807, 2.05) is 6.07 Å². The molecule has 2 aliphatic rings. The first-order valence-electron chi connectivity index (χ1n) is 9.93. The lowest BCUT2D eigenvalue weighted by atomic mass is 9.92. The van der Waals surface area contributed by atoms with Gasteiger partial charge in [0.25, 0.3) is 5.92 Å². The molecule has 186 valence electrons. The van der Waals surface area contributed by atoms with Crippen molar-refractivity contribution in [2.45, 2.75) is 18.4 Å². The topological polar surface area (TPSA) is 63.3 Å². The van der Waals surface area contributed by atoms with E-state index in [1.165, 1.54) is 0 Å². The number of alkyl halides is 2. The first kappa shape index (κ1) is 24.8. The average molecular weight is 522 g/mol. The fourth-order valence-corrected chi connectivity index (χ4v) is 4.20. The smallest absolute Gasteiger partial charge is 0.386 e. The summed E-state index contributed by atoms with van der Waals surface area (Å²) in [6.45, 7) is -1.41. The van der Waals surface area contributed by atoms with E-state index in [0.29, 0.717) is 6.26 Å². The molecular formula is C21H15F7N3O3S+. The largest absolute Gasteiger partial charge is 0.476 e. The summed E-state index contributed by atoms with van der Waals surface area (Å²) in [6, 6.07) is 4.57. The molecule has 0 N–H and O–H groups in total. The molecule has 2 unspecified atom stereocenters. The number of likely N-dealkylation sites (tertiary alicyclic amines) is 1. The van der Waals surface area contributed by atoms with E-state index in [4.69, 9.17) is 4.84 Å². The monoisotopic (exact) mass is 522 g/mol. The summed E-state index contributed by atoms with van der Waals surface area (Å²) >= 11 is 0. The summed E-state index contributed by atoms with van der Waals surface area (Å²) in [5.41, 5.74) is -2.84. The van der Waals surface area contributed by atoms with Gasteiger partial charge in [-0.05, 0) is 12.1 Å². The van der Waals surface area contributed by atoms with Gasteiger partial charge in [0.15, 0.2) is 23.7 Å². The Balaban J connectivity index is 1.67. The standard InChI is InChI=1S/C21H15F7N3O3S/c1-35(32,33)29-7-10-8-31(9-21(10,27)28)16-6-15(34-30-16)18-13(24)5-14(25)20(26)19(18)17-11(22)3-2-4-12(17)23/h2-5,10,15H,6,8-9H2,1H3/q+1. The van der Waals surface area contributed by atoms with Gasteiger partial charge >= 0.3 is 16.1 Å². The van der Waals surface area contributed by atoms with Crippen LogP contribution in [0.3, 0.4) is 0 Å². The van der Waals surface area contributed by atoms with E-state index in [-0.39, 0.29) is 11.9 Å². The fourth-order valence-electron chi connectivity index (χ4n) is 3.89. The molecule has 0 spiro atoms. The second-order valence-electron chi connectivity index (χ2n) is 7.99. The van der Waals surface area contributed by atoms with Crippen LogP contribution in [0.2, 0.25) is 0 Å². The zero-order chi connectivity index (χ0) is 25.7. The van der Waals surface area contributed by atoms with Crippen molar-refractivity contribution in [1.82, 2.24) is 4.90 Å². The minimum atomic E-state index is -3.96. The highest BCUT2D eigenvalue weighted by Crippen LogP contribution is 2.42. The number of nitrogens with zero attached hydrogens (tertiary/aromatic N) is 3. The minimum Gasteiger partial charge on any atom is -0.386 e. The van der Waals surface area contributed by atoms with Gasteiger partial charge in [0.2, 0.25) is 0 Å². The molecule has 6 nitrogen and oxygen atoms in total. The quantitative estimate of drug-likeness (QED) is 0.425. The van der Waals surface area contributed by atoms with E-state index in [1.54, 1.807) is 0 Å². The summed E-state index contributed by atoms with van der Waals surface area (Å²) in [4.78, 5) is 6.10. The normalized spacial score (nSPS) is 21.4. The van der Waals surface area contributed by atoms with Crippen LogP contribution in [0.15, 0.2) is 29.4 Å². The van der Waals surface area contributed by atoms with Gasteiger partial charge in [-0.2, -0.15) is 0 Å². The molecule has 14 heteroatoms. The van der Waals surface area contributed by atoms with Crippen molar-refractivity contribution in [3.8, 4) is 17.2 Å². The molecule has 0 radical (unpaired) electrons. The molecule has 1 fully saturated rings. The molecule has 2 heterocycles. The summed E-state index contributed by atoms with van der Waals surface area (Å²) < 4.78 is 126. The maximum atomic E-state index is 14.8. The summed E-state index contributed by atoms with van der Waals surface area (Å²) in [5.74, 6) is -12.7. The van der Waals surface area contributed by atoms with Gasteiger partial charge in [-0.25, -0.2) is 30.7 Å². The van der Waals surface area contributed by atoms with Crippen molar-refractivity contribution >= 4 is 15.9 Å². The predicted molar refractivity (Wildman–Crippen MR) is 110 cm³/mol. The highest BCUT2D eigenvalue weighted by atomic mass is 32.2. The van der Waals surface area contributed by atoms with Crippen LogP contribution < -0.4 is 0 Å². The molecular weight excluding hydrogens is 507 g/mol. The van der Waals surface area contributed by atoms with E-state index >= 15 is 0 Å². The molecule has 0 aromatic heterocycles. The highest BCUT2D eigenvalue weighted by Gasteiger charge is 2.53. The molecule has 0 amide bonds. The van der Waals surface area contributed by atoms with Gasteiger partial charge in [-0.1, -0.05) is 11.2 Å². The minimum absolute atomic E-state index is 0.151. The van der Waals surface area contributed by atoms with Crippen molar-refractivity contribution in [3.63, 3.8) is 0 Å². The van der Waals surface area contributed by atoms with Crippen molar-refractivity contribution < 1.29 is 44.0 Å². The Kier molecular flexibility index (Phi) is 6.16. The number of hydrogen-bond donors (Lipinski definition) is 0. The molecule has 2 atom stereocenters. The van der Waals surface area contributed by atoms with Gasteiger partial charge in [0.1, 0.15) is 29.5 Å². The Bertz CT molecular complexity index is 1380. The van der Waals surface area contributed by atoms with Crippen LogP contribution in [-0.4, -0.2) is 44.4 Å². The Hall–Kier alpha value is -3.34. The maximum Gasteiger partial charge on any atom is 0.476 e. The molecule has 35 heavy (non-hydrogen) atoms. The zero-order valence-electron chi connectivity index (χ0n) is 17.7. The first-order valence-corrected chi connectivity index (χ1v) is 11.8. The van der Waals surface area contributed by atoms with Gasteiger partial charge in [0, 0.05) is 23.7 Å². The van der Waals surface area contributed by atoms with Gasteiger partial charge in [0.05, 0.1) is 22.8 Å². The van der Waals surface area contributed by atoms with Crippen molar-refractivity contribution in [3.05, 3.63) is 63.2 Å². The van der Waals surface area contributed by atoms with Crippen molar-refractivity contribution in [2.75, 3.05) is 19.3 Å². The third-order valence-electron chi connectivity index (χ3n) is 5.45. The SMILES string of the molecule is CS(=O)(=O)[N+]#CC1CN(C2=NOC(c3c(F)cc(F)c(F)c3-c3c(F)cccc3F)C2)CC1(F)F. The summed E-state index contributed by atoms with van der Waals surface area (Å²) in [7, 11) is -3.96. The third kappa shape index (κ3) is 4.77. The summed E-state index contributed by atoms with van der Waals surface area (Å²) in [5, 5.41) is 3.62. The number of oxime groups is 1. The Labute approximate surface area is 194 Å². The van der Waals surface area contributed by atoms with Crippen LogP contribution in [0.1, 0.15) is 18.1 Å². The second-order valence-corrected chi connectivity index (χ2v) is 9.64. The number of amidine groups is 1. The number of benzene rings is 2. The highest BCUT2D eigenvalue weighted by molar-refractivity contribution is 7.92. The van der Waals surface area contributed by atoms with Gasteiger partial charge in [-0.15, -0.1) is 8.42 Å². The molecule has 0 saturated carbocycles. The maximum absolute atomic E-state index is 14.8. The molecule has 0 bridgehead atoms. The van der Waals surface area contributed by atoms with Gasteiger partial charge < -0.3 is 9.74 Å². The van der Waals surface area contributed by atoms with Crippen LogP contribution in [-0.2, 0) is 14.9 Å². The predicted octanol–water partition coefficient (Wildman–Crippen LogP) is 4.68. The molecule has 2 aromatic carbocycles. The van der Waals surface area contributed by atoms with E-state index in [0.717, 1.165) is 23.1 Å². The zero-order valence-corrected chi connectivity index (χ0v) is 18.5. The van der Waals surface area contributed by atoms with Crippen LogP contribution in [0.4, 0.5) is 30.7 Å². The Morgan fingerprint density at radius 2 is 1.74 bits per heavy atom. The fraction of sp³-hybridized carbons (Fsp3) is 0.333. The summed E-state index contributed by atoms with van der Waals surface area (Å²) in [6.07, 6.45) is -1.26. The third-order valence-corrected chi connectivity index (χ3v) is 5.89. The lowest BCUT2D eigenvalue weighted by Gasteiger charge is -2.19. The van der Waals surface area contributed by atoms with Crippen LogP contribution in [0.5, 0.6) is 0 Å². The molecule has 2 aromatic rings. The molecule has 2 aliphatic heterocycles. The van der Waals surface area contributed by atoms with Crippen LogP contribution in [0.25, 0.3) is 15.4 Å². The first-order chi connectivity index (χ1) is 16.3. The number of halogens is 7. The second kappa shape index (κ2) is 8.71.